The summed E-state index contributed by atoms with van der Waals surface area (Å²) >= 11 is -4.00. The van der Waals surface area contributed by atoms with E-state index in [-0.39, 0.29) is 24.8 Å². The molecular formula is C62H84Cl2SiZr. The van der Waals surface area contributed by atoms with Crippen LogP contribution in [0.4, 0.5) is 0 Å². The van der Waals surface area contributed by atoms with Gasteiger partial charge in [0.05, 0.1) is 0 Å². The smallest absolute Gasteiger partial charge is 0.147 e. The van der Waals surface area contributed by atoms with E-state index in [9.17, 15) is 0 Å². The minimum Gasteiger partial charge on any atom is -0.147 e. The summed E-state index contributed by atoms with van der Waals surface area (Å²) in [5.41, 5.74) is 19.3. The predicted octanol–water partition coefficient (Wildman–Crippen LogP) is 19.4. The van der Waals surface area contributed by atoms with Crippen LogP contribution in [0.2, 0.25) is 8.76 Å². The van der Waals surface area contributed by atoms with Gasteiger partial charge >= 0.3 is 395 Å². The second-order valence-electron chi connectivity index (χ2n) is 23.2. The summed E-state index contributed by atoms with van der Waals surface area (Å²) in [7, 11) is 0. The molecule has 0 aromatic heterocycles. The first kappa shape index (κ1) is 50.4. The molecule has 2 unspecified atom stereocenters. The van der Waals surface area contributed by atoms with Crippen molar-refractivity contribution in [2.75, 3.05) is 0 Å². The van der Waals surface area contributed by atoms with Crippen LogP contribution in [0.15, 0.2) is 96.1 Å². The quantitative estimate of drug-likeness (QED) is 0.0980. The summed E-state index contributed by atoms with van der Waals surface area (Å²) < 4.78 is 5.64. The van der Waals surface area contributed by atoms with Crippen molar-refractivity contribution < 1.29 is 17.4 Å². The van der Waals surface area contributed by atoms with Gasteiger partial charge in [0.25, 0.3) is 0 Å². The fourth-order valence-electron chi connectivity index (χ4n) is 15.5. The van der Waals surface area contributed by atoms with E-state index in [4.69, 9.17) is 0 Å². The van der Waals surface area contributed by atoms with Gasteiger partial charge in [0.15, 0.2) is 0 Å². The van der Waals surface area contributed by atoms with E-state index in [0.717, 1.165) is 23.7 Å². The van der Waals surface area contributed by atoms with Crippen molar-refractivity contribution in [3.05, 3.63) is 129 Å². The number of hydrogen-bond donors (Lipinski definition) is 0. The molecule has 0 N–H and O–H groups in total. The average Bonchev–Trinajstić information content (AvgIpc) is 3.65. The topological polar surface area (TPSA) is 0 Å². The van der Waals surface area contributed by atoms with Crippen molar-refractivity contribution in [3.63, 3.8) is 0 Å². The van der Waals surface area contributed by atoms with E-state index in [1.165, 1.54) is 187 Å². The molecule has 10 rings (SSSR count). The number of fused-ring (bicyclic) bond motifs is 2. The van der Waals surface area contributed by atoms with E-state index in [0.29, 0.717) is 7.25 Å². The summed E-state index contributed by atoms with van der Waals surface area (Å²) in [5, 5.41) is 0. The molecule has 0 saturated heterocycles. The van der Waals surface area contributed by atoms with Gasteiger partial charge in [-0.15, -0.1) is 24.8 Å². The van der Waals surface area contributed by atoms with Crippen LogP contribution in [-0.4, -0.2) is 6.88 Å². The zero-order chi connectivity index (χ0) is 43.5. The van der Waals surface area contributed by atoms with Crippen molar-refractivity contribution in [1.29, 1.82) is 0 Å². The first-order chi connectivity index (χ1) is 31.4. The Bertz CT molecular complexity index is 2200. The number of hydrogen-bond acceptors (Lipinski definition) is 0. The van der Waals surface area contributed by atoms with Gasteiger partial charge < -0.3 is 0 Å². The van der Waals surface area contributed by atoms with Crippen molar-refractivity contribution in [2.45, 2.75) is 195 Å². The van der Waals surface area contributed by atoms with Crippen LogP contribution in [0, 0.1) is 11.8 Å². The van der Waals surface area contributed by atoms with Crippen LogP contribution in [0.25, 0.3) is 34.4 Å². The molecule has 0 spiro atoms. The summed E-state index contributed by atoms with van der Waals surface area (Å²) in [4.78, 5) is 0. The van der Waals surface area contributed by atoms with Crippen molar-refractivity contribution >= 4 is 43.8 Å². The molecule has 0 amide bonds. The fourth-order valence-corrected chi connectivity index (χ4v) is 41.3. The van der Waals surface area contributed by atoms with Gasteiger partial charge in [0, 0.05) is 0 Å². The molecule has 4 fully saturated rings. The normalized spacial score (nSPS) is 22.5. The molecule has 66 heavy (non-hydrogen) atoms. The number of halogens is 2. The van der Waals surface area contributed by atoms with Crippen LogP contribution >= 0.6 is 24.8 Å². The van der Waals surface area contributed by atoms with Gasteiger partial charge in [-0.3, -0.25) is 0 Å². The summed E-state index contributed by atoms with van der Waals surface area (Å²) in [6.45, 7) is 5.23. The first-order valence-electron chi connectivity index (χ1n) is 27.3. The van der Waals surface area contributed by atoms with Gasteiger partial charge in [-0.05, 0) is 0 Å². The molecule has 0 nitrogen and oxygen atoms in total. The summed E-state index contributed by atoms with van der Waals surface area (Å²) in [6.07, 6.45) is 40.6. The molecule has 2 atom stereocenters. The van der Waals surface area contributed by atoms with E-state index in [1.807, 2.05) is 11.1 Å². The van der Waals surface area contributed by atoms with Gasteiger partial charge in [0.1, 0.15) is 0 Å². The number of rotatable bonds is 12. The molecule has 0 radical (unpaired) electrons. The first-order valence-corrected chi connectivity index (χ1v) is 40.3. The molecule has 4 saturated carbocycles. The van der Waals surface area contributed by atoms with Gasteiger partial charge in [0.2, 0.25) is 0 Å². The molecule has 0 heterocycles. The Morgan fingerprint density at radius 1 is 0.455 bits per heavy atom. The van der Waals surface area contributed by atoms with Gasteiger partial charge in [-0.1, -0.05) is 0 Å². The Hall–Kier alpha value is -1.96. The van der Waals surface area contributed by atoms with E-state index in [1.54, 1.807) is 33.4 Å². The van der Waals surface area contributed by atoms with Crippen molar-refractivity contribution in [3.8, 4) is 22.3 Å². The van der Waals surface area contributed by atoms with Crippen LogP contribution < -0.4 is 0 Å². The average molecular weight is 1020 g/mol. The Morgan fingerprint density at radius 2 is 0.803 bits per heavy atom. The largest absolute Gasteiger partial charge is 0.147 e. The summed E-state index contributed by atoms with van der Waals surface area (Å²) in [5.74, 6) is 3.15. The third kappa shape index (κ3) is 10.4. The molecule has 0 aliphatic heterocycles. The monoisotopic (exact) mass is 1020 g/mol. The molecule has 354 valence electrons. The Labute approximate surface area is 416 Å². The SMILES string of the molecule is CC[CH2][Zr]([CH3])(=[SiH2])([CH]1C(CC2CCCCCC2)=Cc2c(-c3ccc(C4CCCCC4)cc3)cccc21)[CH]1C(CC2CCCCCC2)=Cc2c(-c3ccc(C4CCCCC4)cc3)cccc21.Cl.Cl. The zero-order valence-corrected chi connectivity index (χ0v) is 46.6. The third-order valence-electron chi connectivity index (χ3n) is 18.6. The van der Waals surface area contributed by atoms with Gasteiger partial charge in [-0.2, -0.15) is 0 Å². The van der Waals surface area contributed by atoms with Crippen molar-refractivity contribution in [2.24, 2.45) is 11.8 Å². The standard InChI is InChI=1S/2C29H35.C3H7.CH3.2ClH.H2Si.Zr/c2*1-2-5-10-22(9-4-1)19-23-20-27-13-8-14-28(29(27)21-23)26-17-15-25(16-18-26)24-11-6-3-7-12-24;1-3-2;;;;;/h2*8,13-18,20-22,24H,1-7,9-12,19H2;1,3H2,2H3;1H3;2*1H;1H2;. The van der Waals surface area contributed by atoms with E-state index >= 15 is 0 Å². The Kier molecular flexibility index (Phi) is 17.1. The Balaban J connectivity index is 0.00000296. The second-order valence-corrected chi connectivity index (χ2v) is 51.6. The Morgan fingerprint density at radius 3 is 1.17 bits per heavy atom. The molecule has 0 bridgehead atoms. The molecule has 4 heteroatoms. The van der Waals surface area contributed by atoms with Gasteiger partial charge in [-0.25, -0.2) is 0 Å². The maximum atomic E-state index is 3.03. The van der Waals surface area contributed by atoms with Crippen LogP contribution in [0.1, 0.15) is 220 Å². The van der Waals surface area contributed by atoms with Crippen LogP contribution in [0.3, 0.4) is 0 Å². The van der Waals surface area contributed by atoms with Crippen LogP contribution in [-0.2, 0) is 17.4 Å². The summed E-state index contributed by atoms with van der Waals surface area (Å²) in [6, 6.07) is 35.3. The van der Waals surface area contributed by atoms with E-state index in [2.05, 4.69) is 116 Å². The minimum atomic E-state index is -4.00. The number of benzene rings is 4. The minimum absolute atomic E-state index is 0. The zero-order valence-electron chi connectivity index (χ0n) is 41.1. The molecule has 6 aliphatic rings. The maximum absolute atomic E-state index is 4.00. The van der Waals surface area contributed by atoms with Crippen molar-refractivity contribution in [1.82, 2.24) is 0 Å². The fraction of sp³-hybridized carbons (Fsp3) is 0.548. The number of allylic oxidation sites excluding steroid dienone is 2. The molecule has 4 aromatic rings. The predicted molar refractivity (Wildman–Crippen MR) is 292 cm³/mol. The van der Waals surface area contributed by atoms with E-state index < -0.39 is 17.4 Å². The molecular weight excluding hydrogens is 935 g/mol. The molecule has 6 aliphatic carbocycles. The second kappa shape index (κ2) is 22.4. The molecule has 4 aromatic carbocycles. The van der Waals surface area contributed by atoms with Crippen LogP contribution in [0.5, 0.6) is 0 Å². The maximum Gasteiger partial charge on any atom is -0.147 e. The third-order valence-corrected chi connectivity index (χ3v) is 42.1.